The molecular formula is C21H28N4O5. The first-order valence-corrected chi connectivity index (χ1v) is 9.44. The molecule has 1 aromatic carbocycles. The number of nitriles is 1. The van der Waals surface area contributed by atoms with Crippen molar-refractivity contribution < 1.29 is 24.9 Å². The van der Waals surface area contributed by atoms with Crippen LogP contribution in [0.4, 0.5) is 5.69 Å². The van der Waals surface area contributed by atoms with E-state index in [9.17, 15) is 9.59 Å². The molecule has 9 heteroatoms. The highest BCUT2D eigenvalue weighted by Gasteiger charge is 2.28. The third-order valence-corrected chi connectivity index (χ3v) is 4.14. The van der Waals surface area contributed by atoms with Gasteiger partial charge in [-0.25, -0.2) is 0 Å². The van der Waals surface area contributed by atoms with Gasteiger partial charge in [0.15, 0.2) is 5.92 Å². The molecule has 1 aromatic heterocycles. The molecule has 0 saturated carbocycles. The minimum atomic E-state index is -1.36. The fourth-order valence-electron chi connectivity index (χ4n) is 2.60. The SMILES string of the molecule is Cn1cccc1C(=O)C(C#N)C(=O)Nc1ccccc1.OCCN(CCO)CCO. The van der Waals surface area contributed by atoms with E-state index >= 15 is 0 Å². The molecule has 30 heavy (non-hydrogen) atoms. The summed E-state index contributed by atoms with van der Waals surface area (Å²) in [4.78, 5) is 26.0. The highest BCUT2D eigenvalue weighted by Crippen LogP contribution is 2.13. The number of ketones is 1. The second-order valence-electron chi connectivity index (χ2n) is 6.30. The van der Waals surface area contributed by atoms with Gasteiger partial charge in [-0.1, -0.05) is 18.2 Å². The number of benzene rings is 1. The van der Waals surface area contributed by atoms with Crippen LogP contribution in [0.25, 0.3) is 0 Å². The quantitative estimate of drug-likeness (QED) is 0.322. The second-order valence-corrected chi connectivity index (χ2v) is 6.30. The molecule has 0 radical (unpaired) electrons. The lowest BCUT2D eigenvalue weighted by atomic mass is 10.0. The summed E-state index contributed by atoms with van der Waals surface area (Å²) in [6, 6.07) is 13.8. The van der Waals surface area contributed by atoms with Crippen molar-refractivity contribution in [1.29, 1.82) is 5.26 Å². The molecule has 0 saturated heterocycles. The Morgan fingerprint density at radius 1 is 1.03 bits per heavy atom. The summed E-state index contributed by atoms with van der Waals surface area (Å²) >= 11 is 0. The number of carbonyl (C=O) groups is 2. The lowest BCUT2D eigenvalue weighted by Gasteiger charge is -2.17. The van der Waals surface area contributed by atoms with Crippen LogP contribution >= 0.6 is 0 Å². The van der Waals surface area contributed by atoms with E-state index in [2.05, 4.69) is 5.32 Å². The van der Waals surface area contributed by atoms with Gasteiger partial charge in [0, 0.05) is 38.6 Å². The molecule has 0 aliphatic heterocycles. The van der Waals surface area contributed by atoms with Crippen molar-refractivity contribution in [2.24, 2.45) is 13.0 Å². The van der Waals surface area contributed by atoms with E-state index in [1.54, 1.807) is 65.2 Å². The maximum atomic E-state index is 12.2. The van der Waals surface area contributed by atoms with Crippen molar-refractivity contribution in [3.8, 4) is 6.07 Å². The molecule has 0 spiro atoms. The largest absolute Gasteiger partial charge is 0.395 e. The van der Waals surface area contributed by atoms with Gasteiger partial charge in [-0.3, -0.25) is 14.5 Å². The molecule has 0 bridgehead atoms. The van der Waals surface area contributed by atoms with Gasteiger partial charge in [-0.15, -0.1) is 0 Å². The molecule has 0 fully saturated rings. The van der Waals surface area contributed by atoms with Crippen molar-refractivity contribution in [3.63, 3.8) is 0 Å². The molecule has 9 nitrogen and oxygen atoms in total. The van der Waals surface area contributed by atoms with E-state index in [4.69, 9.17) is 20.6 Å². The Labute approximate surface area is 175 Å². The lowest BCUT2D eigenvalue weighted by molar-refractivity contribution is -0.117. The highest BCUT2D eigenvalue weighted by molar-refractivity contribution is 6.15. The van der Waals surface area contributed by atoms with Crippen molar-refractivity contribution in [2.45, 2.75) is 0 Å². The van der Waals surface area contributed by atoms with Crippen LogP contribution in [0.5, 0.6) is 0 Å². The number of nitrogens with one attached hydrogen (secondary N) is 1. The van der Waals surface area contributed by atoms with Gasteiger partial charge in [-0.05, 0) is 24.3 Å². The number of aliphatic hydroxyl groups excluding tert-OH is 3. The summed E-state index contributed by atoms with van der Waals surface area (Å²) in [7, 11) is 1.69. The van der Waals surface area contributed by atoms with Crippen LogP contribution in [0.1, 0.15) is 10.5 Å². The summed E-state index contributed by atoms with van der Waals surface area (Å²) in [6.45, 7) is 1.75. The number of aryl methyl sites for hydroxylation is 1. The number of aromatic nitrogens is 1. The van der Waals surface area contributed by atoms with E-state index in [-0.39, 0.29) is 19.8 Å². The smallest absolute Gasteiger partial charge is 0.249 e. The summed E-state index contributed by atoms with van der Waals surface area (Å²) in [5.74, 6) is -2.48. The zero-order valence-electron chi connectivity index (χ0n) is 16.9. The monoisotopic (exact) mass is 416 g/mol. The summed E-state index contributed by atoms with van der Waals surface area (Å²) in [6.07, 6.45) is 1.69. The number of para-hydroxylation sites is 1. The Hall–Kier alpha value is -3.03. The van der Waals surface area contributed by atoms with Gasteiger partial charge >= 0.3 is 0 Å². The van der Waals surface area contributed by atoms with Crippen LogP contribution in [-0.2, 0) is 11.8 Å². The number of hydrogen-bond acceptors (Lipinski definition) is 7. The normalized spacial score (nSPS) is 11.2. The van der Waals surface area contributed by atoms with Crippen LogP contribution in [0, 0.1) is 17.2 Å². The molecule has 2 aromatic rings. The molecule has 4 N–H and O–H groups in total. The molecule has 1 unspecified atom stereocenters. The number of carbonyl (C=O) groups excluding carboxylic acids is 2. The zero-order valence-corrected chi connectivity index (χ0v) is 16.9. The van der Waals surface area contributed by atoms with Gasteiger partial charge in [-0.2, -0.15) is 5.26 Å². The number of rotatable bonds is 10. The lowest BCUT2D eigenvalue weighted by Crippen LogP contribution is -2.32. The Bertz CT molecular complexity index is 802. The predicted molar refractivity (Wildman–Crippen MR) is 112 cm³/mol. The van der Waals surface area contributed by atoms with Gasteiger partial charge in [0.2, 0.25) is 11.7 Å². The minimum Gasteiger partial charge on any atom is -0.395 e. The molecule has 162 valence electrons. The molecule has 0 aliphatic carbocycles. The first-order chi connectivity index (χ1) is 14.5. The average molecular weight is 416 g/mol. The number of Topliss-reactive ketones (excluding diaryl/α,β-unsaturated/α-hetero) is 1. The minimum absolute atomic E-state index is 0.0694. The third kappa shape index (κ3) is 8.14. The van der Waals surface area contributed by atoms with Crippen LogP contribution in [0.15, 0.2) is 48.7 Å². The first-order valence-electron chi connectivity index (χ1n) is 9.44. The fourth-order valence-corrected chi connectivity index (χ4v) is 2.60. The molecule has 1 amide bonds. The molecule has 1 heterocycles. The third-order valence-electron chi connectivity index (χ3n) is 4.14. The summed E-state index contributed by atoms with van der Waals surface area (Å²) in [5.41, 5.74) is 0.886. The van der Waals surface area contributed by atoms with Crippen LogP contribution in [0.3, 0.4) is 0 Å². The Kier molecular flexibility index (Phi) is 11.7. The van der Waals surface area contributed by atoms with Crippen LogP contribution < -0.4 is 5.32 Å². The number of anilines is 1. The van der Waals surface area contributed by atoms with E-state index in [1.165, 1.54) is 0 Å². The van der Waals surface area contributed by atoms with Crippen LogP contribution in [-0.4, -0.2) is 75.9 Å². The maximum Gasteiger partial charge on any atom is 0.249 e. The number of aliphatic hydroxyl groups is 3. The van der Waals surface area contributed by atoms with E-state index in [0.717, 1.165) is 0 Å². The Balaban J connectivity index is 0.000000382. The second kappa shape index (κ2) is 14.0. The van der Waals surface area contributed by atoms with Gasteiger partial charge < -0.3 is 25.2 Å². The van der Waals surface area contributed by atoms with Gasteiger partial charge in [0.25, 0.3) is 0 Å². The van der Waals surface area contributed by atoms with Gasteiger partial charge in [0.05, 0.1) is 31.6 Å². The van der Waals surface area contributed by atoms with Crippen molar-refractivity contribution in [2.75, 3.05) is 44.8 Å². The average Bonchev–Trinajstić information content (AvgIpc) is 3.16. The Morgan fingerprint density at radius 2 is 1.60 bits per heavy atom. The number of hydrogen-bond donors (Lipinski definition) is 4. The standard InChI is InChI=1S/C15H13N3O2.C6H15NO3/c1-18-9-5-8-13(18)14(19)12(10-16)15(20)17-11-6-3-2-4-7-11;8-4-1-7(2-5-9)3-6-10/h2-9,12H,1H3,(H,17,20);8-10H,1-6H2. The topological polar surface area (TPSA) is 139 Å². The molecule has 2 rings (SSSR count). The summed E-state index contributed by atoms with van der Waals surface area (Å²) < 4.78 is 1.59. The van der Waals surface area contributed by atoms with Crippen molar-refractivity contribution in [3.05, 3.63) is 54.4 Å². The summed E-state index contributed by atoms with van der Waals surface area (Å²) in [5, 5.41) is 37.1. The molecule has 1 atom stereocenters. The van der Waals surface area contributed by atoms with E-state index < -0.39 is 17.6 Å². The van der Waals surface area contributed by atoms with E-state index in [1.807, 2.05) is 6.07 Å². The van der Waals surface area contributed by atoms with E-state index in [0.29, 0.717) is 31.0 Å². The van der Waals surface area contributed by atoms with Gasteiger partial charge in [0.1, 0.15) is 0 Å². The number of nitrogens with zero attached hydrogens (tertiary/aromatic N) is 3. The highest BCUT2D eigenvalue weighted by atomic mass is 16.3. The predicted octanol–water partition coefficient (Wildman–Crippen LogP) is 0.252. The first kappa shape index (κ1) is 25.0. The Morgan fingerprint density at radius 3 is 2.03 bits per heavy atom. The molecule has 0 aliphatic rings. The van der Waals surface area contributed by atoms with Crippen LogP contribution in [0.2, 0.25) is 0 Å². The molecular weight excluding hydrogens is 388 g/mol. The van der Waals surface area contributed by atoms with Crippen molar-refractivity contribution in [1.82, 2.24) is 9.47 Å². The zero-order chi connectivity index (χ0) is 22.4. The van der Waals surface area contributed by atoms with Crippen molar-refractivity contribution >= 4 is 17.4 Å². The number of amides is 1. The maximum absolute atomic E-state index is 12.2. The fraction of sp³-hybridized carbons (Fsp3) is 0.381.